The van der Waals surface area contributed by atoms with Crippen LogP contribution in [0.2, 0.25) is 0 Å². The second kappa shape index (κ2) is 12.0. The number of hydrogen-bond acceptors (Lipinski definition) is 6. The topological polar surface area (TPSA) is 73.7 Å². The third kappa shape index (κ3) is 7.06. The molecule has 7 nitrogen and oxygen atoms in total. The van der Waals surface area contributed by atoms with Gasteiger partial charge in [-0.3, -0.25) is 14.3 Å². The van der Waals surface area contributed by atoms with E-state index >= 15 is 0 Å². The Morgan fingerprint density at radius 3 is 2.03 bits per heavy atom. The minimum absolute atomic E-state index is 0.0509. The van der Waals surface area contributed by atoms with Gasteiger partial charge in [0.2, 0.25) is 12.2 Å². The van der Waals surface area contributed by atoms with Crippen LogP contribution in [0.3, 0.4) is 0 Å². The molecular weight excluding hydrogens is 689 g/mol. The SMILES string of the molecule is CCCn1c(N(c2cc(C(F)(F)F)cc(C(F)(F)F)c2Br)C(OCC)C(=O)OC)nc(C(F)(F)F)c(Br)c1=O. The second-order valence-electron chi connectivity index (χ2n) is 7.58. The summed E-state index contributed by atoms with van der Waals surface area (Å²) in [6.45, 7) is 1.94. The molecule has 0 spiro atoms. The van der Waals surface area contributed by atoms with E-state index in [1.807, 2.05) is 0 Å². The van der Waals surface area contributed by atoms with Crippen LogP contribution >= 0.6 is 31.9 Å². The molecule has 0 saturated heterocycles. The van der Waals surface area contributed by atoms with E-state index in [2.05, 4.69) is 41.6 Å². The number of hydrogen-bond donors (Lipinski definition) is 0. The highest BCUT2D eigenvalue weighted by atomic mass is 79.9. The summed E-state index contributed by atoms with van der Waals surface area (Å²) in [5.74, 6) is -2.56. The van der Waals surface area contributed by atoms with Crippen molar-refractivity contribution in [2.75, 3.05) is 18.6 Å². The molecule has 2 aromatic rings. The van der Waals surface area contributed by atoms with Crippen LogP contribution in [0.15, 0.2) is 25.9 Å². The van der Waals surface area contributed by atoms with Gasteiger partial charge in [-0.15, -0.1) is 0 Å². The molecule has 18 heteroatoms. The van der Waals surface area contributed by atoms with Gasteiger partial charge in [0.25, 0.3) is 5.56 Å². The standard InChI is InChI=1S/C21H18Br2F9N3O4/c1-4-6-34-15(36)13(23)14(21(30,31)32)33-18(34)35(16(39-5-2)17(37)38-3)11-8-9(19(24,25)26)7-10(12(11)22)20(27,28)29/h7-8,16H,4-6H2,1-3H3. The van der Waals surface area contributed by atoms with Gasteiger partial charge in [-0.25, -0.2) is 9.78 Å². The normalized spacial score (nSPS) is 13.4. The number of rotatable bonds is 8. The quantitative estimate of drug-likeness (QED) is 0.169. The van der Waals surface area contributed by atoms with Crippen molar-refractivity contribution in [3.05, 3.63) is 48.3 Å². The molecule has 1 atom stereocenters. The van der Waals surface area contributed by atoms with Crippen LogP contribution in [-0.4, -0.2) is 35.5 Å². The maximum absolute atomic E-state index is 13.8. The molecule has 0 N–H and O–H groups in total. The van der Waals surface area contributed by atoms with E-state index < -0.39 is 86.8 Å². The van der Waals surface area contributed by atoms with Gasteiger partial charge in [-0.2, -0.15) is 39.5 Å². The average molecular weight is 707 g/mol. The molecule has 218 valence electrons. The Morgan fingerprint density at radius 2 is 1.59 bits per heavy atom. The molecule has 1 heterocycles. The molecule has 0 aliphatic heterocycles. The molecule has 1 unspecified atom stereocenters. The van der Waals surface area contributed by atoms with E-state index in [0.717, 1.165) is 7.11 Å². The molecular formula is C21H18Br2F9N3O4. The van der Waals surface area contributed by atoms with Crippen molar-refractivity contribution in [1.29, 1.82) is 0 Å². The average Bonchev–Trinajstić information content (AvgIpc) is 2.80. The molecule has 0 aliphatic rings. The number of halogens is 11. The van der Waals surface area contributed by atoms with Crippen LogP contribution < -0.4 is 10.5 Å². The second-order valence-corrected chi connectivity index (χ2v) is 9.17. The van der Waals surface area contributed by atoms with Crippen LogP contribution in [0.5, 0.6) is 0 Å². The Balaban J connectivity index is 3.24. The summed E-state index contributed by atoms with van der Waals surface area (Å²) >= 11 is 5.09. The zero-order chi connectivity index (χ0) is 30.1. The number of nitrogens with zero attached hydrogens (tertiary/aromatic N) is 3. The zero-order valence-corrected chi connectivity index (χ0v) is 23.2. The van der Waals surface area contributed by atoms with Gasteiger partial charge < -0.3 is 9.47 Å². The van der Waals surface area contributed by atoms with E-state index in [0.29, 0.717) is 4.57 Å². The number of aromatic nitrogens is 2. The van der Waals surface area contributed by atoms with Crippen molar-refractivity contribution >= 4 is 49.5 Å². The van der Waals surface area contributed by atoms with E-state index in [1.54, 1.807) is 0 Å². The van der Waals surface area contributed by atoms with Crippen molar-refractivity contribution in [3.63, 3.8) is 0 Å². The van der Waals surface area contributed by atoms with Crippen LogP contribution in [0.25, 0.3) is 0 Å². The smallest absolute Gasteiger partial charge is 0.434 e. The van der Waals surface area contributed by atoms with Crippen molar-refractivity contribution in [2.24, 2.45) is 0 Å². The number of alkyl halides is 9. The Morgan fingerprint density at radius 1 is 1.00 bits per heavy atom. The predicted octanol–water partition coefficient (Wildman–Crippen LogP) is 6.91. The number of esters is 1. The molecule has 1 aromatic heterocycles. The minimum Gasteiger partial charge on any atom is -0.466 e. The fourth-order valence-electron chi connectivity index (χ4n) is 3.32. The number of carbonyl (C=O) groups is 1. The lowest BCUT2D eigenvalue weighted by molar-refractivity contribution is -0.153. The third-order valence-electron chi connectivity index (χ3n) is 4.93. The summed E-state index contributed by atoms with van der Waals surface area (Å²) in [4.78, 5) is 29.2. The Labute approximate surface area is 231 Å². The van der Waals surface area contributed by atoms with Crippen LogP contribution in [0.4, 0.5) is 51.1 Å². The van der Waals surface area contributed by atoms with Crippen LogP contribution in [-0.2, 0) is 39.3 Å². The summed E-state index contributed by atoms with van der Waals surface area (Å²) in [5.41, 5.74) is -8.10. The van der Waals surface area contributed by atoms with E-state index in [-0.39, 0.29) is 23.5 Å². The number of carbonyl (C=O) groups excluding carboxylic acids is 1. The fourth-order valence-corrected chi connectivity index (χ4v) is 4.49. The summed E-state index contributed by atoms with van der Waals surface area (Å²) in [6, 6.07) is -0.0824. The molecule has 39 heavy (non-hydrogen) atoms. The fraction of sp³-hybridized carbons (Fsp3) is 0.476. The lowest BCUT2D eigenvalue weighted by Crippen LogP contribution is -2.45. The molecule has 0 amide bonds. The third-order valence-corrected chi connectivity index (χ3v) is 6.48. The molecule has 0 bridgehead atoms. The maximum Gasteiger partial charge on any atom is 0.434 e. The van der Waals surface area contributed by atoms with E-state index in [9.17, 15) is 49.1 Å². The van der Waals surface area contributed by atoms with Gasteiger partial charge in [-0.1, -0.05) is 6.92 Å². The first kappa shape index (κ1) is 32.9. The highest BCUT2D eigenvalue weighted by molar-refractivity contribution is 9.11. The Hall–Kier alpha value is -2.34. The van der Waals surface area contributed by atoms with Gasteiger partial charge in [0.15, 0.2) is 5.69 Å². The van der Waals surface area contributed by atoms with Gasteiger partial charge >= 0.3 is 24.5 Å². The molecule has 0 saturated carbocycles. The first-order valence-corrected chi connectivity index (χ1v) is 12.2. The van der Waals surface area contributed by atoms with Crippen LogP contribution in [0.1, 0.15) is 37.1 Å². The monoisotopic (exact) mass is 705 g/mol. The highest BCUT2D eigenvalue weighted by Crippen LogP contribution is 2.46. The highest BCUT2D eigenvalue weighted by Gasteiger charge is 2.44. The lowest BCUT2D eigenvalue weighted by atomic mass is 10.1. The van der Waals surface area contributed by atoms with Gasteiger partial charge in [0.05, 0.1) is 28.4 Å². The first-order chi connectivity index (χ1) is 17.8. The van der Waals surface area contributed by atoms with Gasteiger partial charge in [0, 0.05) is 13.2 Å². The summed E-state index contributed by atoms with van der Waals surface area (Å²) < 4.78 is 132. The van der Waals surface area contributed by atoms with E-state index in [1.165, 1.54) is 13.8 Å². The predicted molar refractivity (Wildman–Crippen MR) is 125 cm³/mol. The number of anilines is 2. The first-order valence-electron chi connectivity index (χ1n) is 10.6. The molecule has 2 rings (SSSR count). The maximum atomic E-state index is 13.8. The van der Waals surface area contributed by atoms with Crippen molar-refractivity contribution in [1.82, 2.24) is 9.55 Å². The lowest BCUT2D eigenvalue weighted by Gasteiger charge is -2.34. The molecule has 0 radical (unpaired) electrons. The molecule has 0 fully saturated rings. The number of methoxy groups -OCH3 is 1. The van der Waals surface area contributed by atoms with Gasteiger partial charge in [-0.05, 0) is 57.3 Å². The summed E-state index contributed by atoms with van der Waals surface area (Å²) in [6.07, 6.45) is -18.3. The van der Waals surface area contributed by atoms with Gasteiger partial charge in [0.1, 0.15) is 4.47 Å². The Bertz CT molecular complexity index is 1280. The minimum atomic E-state index is -5.40. The zero-order valence-electron chi connectivity index (χ0n) is 20.0. The summed E-state index contributed by atoms with van der Waals surface area (Å²) in [7, 11) is 0.796. The molecule has 0 aliphatic carbocycles. The largest absolute Gasteiger partial charge is 0.466 e. The van der Waals surface area contributed by atoms with E-state index in [4.69, 9.17) is 4.74 Å². The summed E-state index contributed by atoms with van der Waals surface area (Å²) in [5, 5.41) is 0. The van der Waals surface area contributed by atoms with Crippen molar-refractivity contribution in [3.8, 4) is 0 Å². The van der Waals surface area contributed by atoms with Crippen molar-refractivity contribution < 1.29 is 53.8 Å². The molecule has 1 aromatic carbocycles. The van der Waals surface area contributed by atoms with Crippen LogP contribution in [0, 0.1) is 0 Å². The van der Waals surface area contributed by atoms with Crippen molar-refractivity contribution in [2.45, 2.75) is 51.6 Å². The number of ether oxygens (including phenoxy) is 2. The Kier molecular flexibility index (Phi) is 10.1. The number of benzene rings is 1.